The molecular formula is C9H16N4O3. The van der Waals surface area contributed by atoms with Crippen LogP contribution in [0.1, 0.15) is 5.89 Å². The van der Waals surface area contributed by atoms with Gasteiger partial charge in [-0.2, -0.15) is 0 Å². The molecule has 1 aromatic rings. The van der Waals surface area contributed by atoms with Gasteiger partial charge >= 0.3 is 6.01 Å². The van der Waals surface area contributed by atoms with Gasteiger partial charge in [0.1, 0.15) is 0 Å². The number of aromatic nitrogens is 2. The first-order chi connectivity index (χ1) is 7.88. The molecule has 1 aliphatic rings. The van der Waals surface area contributed by atoms with Gasteiger partial charge in [0, 0.05) is 19.5 Å². The minimum Gasteiger partial charge on any atom is -0.408 e. The second-order valence-corrected chi connectivity index (χ2v) is 3.49. The first-order valence-electron chi connectivity index (χ1n) is 5.34. The standard InChI is InChI=1S/C9H16N4O3/c10-2-1-8-12-13-9(16-8)11-5-7-6-14-3-4-15-7/h7H,1-6,10H2,(H,11,13). The van der Waals surface area contributed by atoms with Crippen LogP contribution in [0.5, 0.6) is 0 Å². The lowest BCUT2D eigenvalue weighted by atomic mass is 10.3. The smallest absolute Gasteiger partial charge is 0.315 e. The highest BCUT2D eigenvalue weighted by atomic mass is 16.6. The first kappa shape index (κ1) is 11.3. The molecule has 7 nitrogen and oxygen atoms in total. The summed E-state index contributed by atoms with van der Waals surface area (Å²) in [6.45, 7) is 2.99. The second kappa shape index (κ2) is 5.78. The number of rotatable bonds is 5. The summed E-state index contributed by atoms with van der Waals surface area (Å²) >= 11 is 0. The fourth-order valence-electron chi connectivity index (χ4n) is 1.41. The Bertz CT molecular complexity index is 311. The van der Waals surface area contributed by atoms with Gasteiger partial charge in [0.15, 0.2) is 0 Å². The predicted molar refractivity (Wildman–Crippen MR) is 56.1 cm³/mol. The maximum absolute atomic E-state index is 5.46. The van der Waals surface area contributed by atoms with Crippen molar-refractivity contribution in [2.24, 2.45) is 5.73 Å². The molecular weight excluding hydrogens is 212 g/mol. The molecule has 1 aromatic heterocycles. The average molecular weight is 228 g/mol. The van der Waals surface area contributed by atoms with Crippen LogP contribution >= 0.6 is 0 Å². The lowest BCUT2D eigenvalue weighted by Crippen LogP contribution is -2.34. The summed E-state index contributed by atoms with van der Waals surface area (Å²) in [5, 5.41) is 10.7. The van der Waals surface area contributed by atoms with Gasteiger partial charge in [-0.1, -0.05) is 5.10 Å². The highest BCUT2D eigenvalue weighted by Crippen LogP contribution is 2.07. The Morgan fingerprint density at radius 2 is 2.31 bits per heavy atom. The lowest BCUT2D eigenvalue weighted by Gasteiger charge is -2.22. The summed E-state index contributed by atoms with van der Waals surface area (Å²) in [5.74, 6) is 0.547. The van der Waals surface area contributed by atoms with Crippen LogP contribution in [0.4, 0.5) is 6.01 Å². The quantitative estimate of drug-likeness (QED) is 0.694. The summed E-state index contributed by atoms with van der Waals surface area (Å²) in [5.41, 5.74) is 5.38. The van der Waals surface area contributed by atoms with E-state index in [2.05, 4.69) is 15.5 Å². The van der Waals surface area contributed by atoms with Crippen molar-refractivity contribution in [3.8, 4) is 0 Å². The van der Waals surface area contributed by atoms with E-state index in [1.807, 2.05) is 0 Å². The largest absolute Gasteiger partial charge is 0.408 e. The molecule has 0 aliphatic carbocycles. The van der Waals surface area contributed by atoms with E-state index in [1.165, 1.54) is 0 Å². The summed E-state index contributed by atoms with van der Waals surface area (Å²) in [6, 6.07) is 0.401. The third-order valence-corrected chi connectivity index (χ3v) is 2.19. The molecule has 7 heteroatoms. The minimum atomic E-state index is 0.0404. The normalized spacial score (nSPS) is 20.9. The van der Waals surface area contributed by atoms with Gasteiger partial charge in [0.25, 0.3) is 0 Å². The second-order valence-electron chi connectivity index (χ2n) is 3.49. The van der Waals surface area contributed by atoms with E-state index >= 15 is 0 Å². The Kier molecular flexibility index (Phi) is 4.09. The summed E-state index contributed by atoms with van der Waals surface area (Å²) in [4.78, 5) is 0. The van der Waals surface area contributed by atoms with Gasteiger partial charge in [-0.15, -0.1) is 5.10 Å². The van der Waals surface area contributed by atoms with Gasteiger partial charge in [-0.05, 0) is 0 Å². The maximum Gasteiger partial charge on any atom is 0.315 e. The Balaban J connectivity index is 1.75. The fraction of sp³-hybridized carbons (Fsp3) is 0.778. The molecule has 2 heterocycles. The van der Waals surface area contributed by atoms with Crippen LogP contribution < -0.4 is 11.1 Å². The van der Waals surface area contributed by atoms with Crippen molar-refractivity contribution in [3.05, 3.63) is 5.89 Å². The van der Waals surface area contributed by atoms with Crippen molar-refractivity contribution in [3.63, 3.8) is 0 Å². The Labute approximate surface area is 93.3 Å². The van der Waals surface area contributed by atoms with Crippen molar-refractivity contribution in [1.29, 1.82) is 0 Å². The molecule has 0 bridgehead atoms. The molecule has 0 radical (unpaired) electrons. The van der Waals surface area contributed by atoms with Gasteiger partial charge in [0.2, 0.25) is 5.89 Å². The van der Waals surface area contributed by atoms with Crippen LogP contribution in [0.15, 0.2) is 4.42 Å². The van der Waals surface area contributed by atoms with E-state index in [0.717, 1.165) is 0 Å². The molecule has 1 atom stereocenters. The first-order valence-corrected chi connectivity index (χ1v) is 5.34. The summed E-state index contributed by atoms with van der Waals surface area (Å²) in [7, 11) is 0. The van der Waals surface area contributed by atoms with Crippen molar-refractivity contribution in [1.82, 2.24) is 10.2 Å². The van der Waals surface area contributed by atoms with E-state index in [0.29, 0.717) is 51.2 Å². The van der Waals surface area contributed by atoms with E-state index < -0.39 is 0 Å². The molecule has 0 aromatic carbocycles. The molecule has 1 unspecified atom stereocenters. The van der Waals surface area contributed by atoms with Crippen molar-refractivity contribution < 1.29 is 13.9 Å². The third-order valence-electron chi connectivity index (χ3n) is 2.19. The Morgan fingerprint density at radius 3 is 3.06 bits per heavy atom. The molecule has 1 fully saturated rings. The molecule has 1 saturated heterocycles. The van der Waals surface area contributed by atoms with Crippen LogP contribution in [0.3, 0.4) is 0 Å². The number of hydrogen-bond donors (Lipinski definition) is 2. The average Bonchev–Trinajstić information content (AvgIpc) is 2.76. The van der Waals surface area contributed by atoms with Gasteiger partial charge in [-0.25, -0.2) is 0 Å². The van der Waals surface area contributed by atoms with E-state index in [9.17, 15) is 0 Å². The van der Waals surface area contributed by atoms with Gasteiger partial charge in [-0.3, -0.25) is 0 Å². The SMILES string of the molecule is NCCc1nnc(NCC2COCCO2)o1. The number of nitrogens with two attached hydrogens (primary N) is 1. The van der Waals surface area contributed by atoms with Crippen LogP contribution in [0.25, 0.3) is 0 Å². The molecule has 16 heavy (non-hydrogen) atoms. The van der Waals surface area contributed by atoms with Crippen molar-refractivity contribution >= 4 is 6.01 Å². The summed E-state index contributed by atoms with van der Waals surface area (Å²) < 4.78 is 16.0. The number of nitrogens with zero attached hydrogens (tertiary/aromatic N) is 2. The van der Waals surface area contributed by atoms with Crippen molar-refractivity contribution in [2.45, 2.75) is 12.5 Å². The molecule has 90 valence electrons. The number of anilines is 1. The molecule has 3 N–H and O–H groups in total. The Morgan fingerprint density at radius 1 is 1.38 bits per heavy atom. The van der Waals surface area contributed by atoms with Gasteiger partial charge in [0.05, 0.1) is 25.9 Å². The Hall–Kier alpha value is -1.18. The van der Waals surface area contributed by atoms with Crippen LogP contribution in [0.2, 0.25) is 0 Å². The zero-order valence-electron chi connectivity index (χ0n) is 9.02. The molecule has 0 saturated carbocycles. The summed E-state index contributed by atoms with van der Waals surface area (Å²) in [6.07, 6.45) is 0.635. The van der Waals surface area contributed by atoms with Crippen LogP contribution in [0, 0.1) is 0 Å². The minimum absolute atomic E-state index is 0.0404. The predicted octanol–water partition coefficient (Wildman–Crippen LogP) is -0.602. The zero-order chi connectivity index (χ0) is 11.2. The lowest BCUT2D eigenvalue weighted by molar-refractivity contribution is -0.0820. The number of nitrogens with one attached hydrogen (secondary N) is 1. The maximum atomic E-state index is 5.46. The molecule has 1 aliphatic heterocycles. The zero-order valence-corrected chi connectivity index (χ0v) is 9.02. The van der Waals surface area contributed by atoms with Crippen molar-refractivity contribution in [2.75, 3.05) is 38.2 Å². The topological polar surface area (TPSA) is 95.4 Å². The monoisotopic (exact) mass is 228 g/mol. The number of hydrogen-bond acceptors (Lipinski definition) is 7. The molecule has 0 spiro atoms. The van der Waals surface area contributed by atoms with Gasteiger partial charge < -0.3 is 24.9 Å². The van der Waals surface area contributed by atoms with E-state index in [-0.39, 0.29) is 6.10 Å². The highest BCUT2D eigenvalue weighted by Gasteiger charge is 2.15. The highest BCUT2D eigenvalue weighted by molar-refractivity contribution is 5.17. The van der Waals surface area contributed by atoms with E-state index in [1.54, 1.807) is 0 Å². The van der Waals surface area contributed by atoms with Crippen LogP contribution in [-0.2, 0) is 15.9 Å². The third kappa shape index (κ3) is 3.16. The molecule has 0 amide bonds. The molecule has 2 rings (SSSR count). The van der Waals surface area contributed by atoms with E-state index in [4.69, 9.17) is 19.6 Å². The van der Waals surface area contributed by atoms with Crippen LogP contribution in [-0.4, -0.2) is 49.2 Å². The fourth-order valence-corrected chi connectivity index (χ4v) is 1.41. The number of ether oxygens (including phenoxy) is 2.